The highest BCUT2D eigenvalue weighted by Crippen LogP contribution is 2.21. The van der Waals surface area contributed by atoms with E-state index in [1.807, 2.05) is 0 Å². The molecule has 1 aromatic rings. The van der Waals surface area contributed by atoms with Gasteiger partial charge in [-0.1, -0.05) is 12.8 Å². The second-order valence-electron chi connectivity index (χ2n) is 4.93. The third kappa shape index (κ3) is 3.38. The number of nitrogens with one attached hydrogen (secondary N) is 1. The van der Waals surface area contributed by atoms with Crippen LogP contribution >= 0.6 is 0 Å². The number of rotatable bonds is 3. The first-order chi connectivity index (χ1) is 9.10. The highest BCUT2D eigenvalue weighted by molar-refractivity contribution is 5.95. The summed E-state index contributed by atoms with van der Waals surface area (Å²) in [6.45, 7) is 0. The predicted molar refractivity (Wildman–Crippen MR) is 73.1 cm³/mol. The van der Waals surface area contributed by atoms with Gasteiger partial charge in [0.15, 0.2) is 0 Å². The molecular formula is C14H20N2O3. The summed E-state index contributed by atoms with van der Waals surface area (Å²) >= 11 is 0. The summed E-state index contributed by atoms with van der Waals surface area (Å²) in [5.74, 6) is 0.325. The van der Waals surface area contributed by atoms with Crippen molar-refractivity contribution in [2.45, 2.75) is 37.8 Å². The number of carbonyl (C=O) groups is 1. The van der Waals surface area contributed by atoms with E-state index in [1.54, 1.807) is 18.2 Å². The third-order valence-electron chi connectivity index (χ3n) is 3.47. The molecule has 2 rings (SSSR count). The number of benzene rings is 1. The van der Waals surface area contributed by atoms with Crippen molar-refractivity contribution in [2.24, 2.45) is 0 Å². The average molecular weight is 264 g/mol. The standard InChI is InChI=1S/C14H20N2O3/c1-19-11-7-9(6-10(15)8-11)14(18)16-12-4-2-3-5-13(12)17/h6-8,12-13,17H,2-5,15H2,1H3,(H,16,18)/t12-,13-/m1/s1. The Kier molecular flexibility index (Phi) is 4.27. The lowest BCUT2D eigenvalue weighted by Gasteiger charge is -2.28. The maximum absolute atomic E-state index is 12.1. The van der Waals surface area contributed by atoms with Gasteiger partial charge in [0, 0.05) is 17.3 Å². The van der Waals surface area contributed by atoms with Crippen molar-refractivity contribution in [3.05, 3.63) is 23.8 Å². The molecule has 1 amide bonds. The Balaban J connectivity index is 2.08. The Morgan fingerprint density at radius 3 is 2.79 bits per heavy atom. The van der Waals surface area contributed by atoms with E-state index in [0.717, 1.165) is 25.7 Å². The van der Waals surface area contributed by atoms with E-state index < -0.39 is 6.10 Å². The molecule has 1 fully saturated rings. The summed E-state index contributed by atoms with van der Waals surface area (Å²) in [5.41, 5.74) is 6.66. The molecule has 104 valence electrons. The zero-order valence-electron chi connectivity index (χ0n) is 11.1. The molecule has 0 aliphatic heterocycles. The van der Waals surface area contributed by atoms with Crippen molar-refractivity contribution >= 4 is 11.6 Å². The molecule has 0 heterocycles. The number of hydrogen-bond donors (Lipinski definition) is 3. The van der Waals surface area contributed by atoms with E-state index in [9.17, 15) is 9.90 Å². The van der Waals surface area contributed by atoms with Gasteiger partial charge in [0.2, 0.25) is 0 Å². The molecular weight excluding hydrogens is 244 g/mol. The summed E-state index contributed by atoms with van der Waals surface area (Å²) in [7, 11) is 1.53. The molecule has 0 spiro atoms. The molecule has 2 atom stereocenters. The topological polar surface area (TPSA) is 84.6 Å². The number of aliphatic hydroxyl groups excluding tert-OH is 1. The zero-order chi connectivity index (χ0) is 13.8. The number of carbonyl (C=O) groups excluding carboxylic acids is 1. The van der Waals surface area contributed by atoms with E-state index >= 15 is 0 Å². The number of methoxy groups -OCH3 is 1. The quantitative estimate of drug-likeness (QED) is 0.719. The van der Waals surface area contributed by atoms with Crippen LogP contribution < -0.4 is 15.8 Å². The van der Waals surface area contributed by atoms with Gasteiger partial charge < -0.3 is 20.9 Å². The zero-order valence-corrected chi connectivity index (χ0v) is 11.1. The number of amides is 1. The minimum Gasteiger partial charge on any atom is -0.497 e. The molecule has 1 aromatic carbocycles. The lowest BCUT2D eigenvalue weighted by Crippen LogP contribution is -2.45. The van der Waals surface area contributed by atoms with Crippen LogP contribution in [0.15, 0.2) is 18.2 Å². The number of nitrogen functional groups attached to an aromatic ring is 1. The van der Waals surface area contributed by atoms with Gasteiger partial charge in [-0.2, -0.15) is 0 Å². The normalized spacial score (nSPS) is 22.8. The molecule has 0 unspecified atom stereocenters. The smallest absolute Gasteiger partial charge is 0.251 e. The average Bonchev–Trinajstić information content (AvgIpc) is 2.40. The SMILES string of the molecule is COc1cc(N)cc(C(=O)N[C@@H]2CCCC[C@H]2O)c1. The first-order valence-corrected chi connectivity index (χ1v) is 6.53. The summed E-state index contributed by atoms with van der Waals surface area (Å²) in [5, 5.41) is 12.7. The van der Waals surface area contributed by atoms with E-state index in [2.05, 4.69) is 5.32 Å². The van der Waals surface area contributed by atoms with Crippen molar-refractivity contribution in [3.8, 4) is 5.75 Å². The van der Waals surface area contributed by atoms with Gasteiger partial charge in [-0.15, -0.1) is 0 Å². The minimum atomic E-state index is -0.458. The Labute approximate surface area is 112 Å². The van der Waals surface area contributed by atoms with Gasteiger partial charge in [0.25, 0.3) is 5.91 Å². The summed E-state index contributed by atoms with van der Waals surface area (Å²) in [4.78, 5) is 12.1. The van der Waals surface area contributed by atoms with Crippen molar-refractivity contribution in [1.82, 2.24) is 5.32 Å². The van der Waals surface area contributed by atoms with Crippen molar-refractivity contribution in [2.75, 3.05) is 12.8 Å². The second-order valence-corrected chi connectivity index (χ2v) is 4.93. The molecule has 5 heteroatoms. The van der Waals surface area contributed by atoms with Gasteiger partial charge in [-0.3, -0.25) is 4.79 Å². The molecule has 4 N–H and O–H groups in total. The van der Waals surface area contributed by atoms with Crippen LogP contribution in [0.2, 0.25) is 0 Å². The second kappa shape index (κ2) is 5.93. The summed E-state index contributed by atoms with van der Waals surface area (Å²) in [6, 6.07) is 4.73. The number of nitrogens with two attached hydrogens (primary N) is 1. The molecule has 0 bridgehead atoms. The first-order valence-electron chi connectivity index (χ1n) is 6.53. The van der Waals surface area contributed by atoms with Crippen molar-refractivity contribution in [1.29, 1.82) is 0 Å². The maximum Gasteiger partial charge on any atom is 0.251 e. The van der Waals surface area contributed by atoms with Gasteiger partial charge in [0.05, 0.1) is 19.3 Å². The largest absolute Gasteiger partial charge is 0.497 e. The Morgan fingerprint density at radius 2 is 2.11 bits per heavy atom. The molecule has 0 radical (unpaired) electrons. The molecule has 5 nitrogen and oxygen atoms in total. The van der Waals surface area contributed by atoms with Gasteiger partial charge >= 0.3 is 0 Å². The Morgan fingerprint density at radius 1 is 1.37 bits per heavy atom. The highest BCUT2D eigenvalue weighted by atomic mass is 16.5. The molecule has 19 heavy (non-hydrogen) atoms. The minimum absolute atomic E-state index is 0.173. The fourth-order valence-corrected chi connectivity index (χ4v) is 2.40. The predicted octanol–water partition coefficient (Wildman–Crippen LogP) is 1.31. The van der Waals surface area contributed by atoms with E-state index in [4.69, 9.17) is 10.5 Å². The van der Waals surface area contributed by atoms with Crippen molar-refractivity contribution in [3.63, 3.8) is 0 Å². The van der Waals surface area contributed by atoms with E-state index in [-0.39, 0.29) is 11.9 Å². The first kappa shape index (κ1) is 13.7. The summed E-state index contributed by atoms with van der Waals surface area (Å²) < 4.78 is 5.09. The summed E-state index contributed by atoms with van der Waals surface area (Å²) in [6.07, 6.45) is 3.14. The van der Waals surface area contributed by atoms with Crippen LogP contribution in [0.3, 0.4) is 0 Å². The van der Waals surface area contributed by atoms with Crippen molar-refractivity contribution < 1.29 is 14.6 Å². The fraction of sp³-hybridized carbons (Fsp3) is 0.500. The Bertz CT molecular complexity index is 462. The highest BCUT2D eigenvalue weighted by Gasteiger charge is 2.25. The van der Waals surface area contributed by atoms with Crippen LogP contribution in [0, 0.1) is 0 Å². The van der Waals surface area contributed by atoms with E-state index in [0.29, 0.717) is 17.0 Å². The molecule has 1 aliphatic rings. The number of ether oxygens (including phenoxy) is 1. The molecule has 0 saturated heterocycles. The molecule has 1 saturated carbocycles. The van der Waals surface area contributed by atoms with Gasteiger partial charge in [0.1, 0.15) is 5.75 Å². The molecule has 1 aliphatic carbocycles. The van der Waals surface area contributed by atoms with Crippen LogP contribution in [-0.4, -0.2) is 30.3 Å². The van der Waals surface area contributed by atoms with Crippen LogP contribution in [0.5, 0.6) is 5.75 Å². The number of anilines is 1. The van der Waals surface area contributed by atoms with Crippen LogP contribution in [-0.2, 0) is 0 Å². The van der Waals surface area contributed by atoms with Gasteiger partial charge in [-0.25, -0.2) is 0 Å². The van der Waals surface area contributed by atoms with Crippen LogP contribution in [0.4, 0.5) is 5.69 Å². The number of hydrogen-bond acceptors (Lipinski definition) is 4. The monoisotopic (exact) mass is 264 g/mol. The van der Waals surface area contributed by atoms with Crippen LogP contribution in [0.25, 0.3) is 0 Å². The lowest BCUT2D eigenvalue weighted by molar-refractivity contribution is 0.0717. The fourth-order valence-electron chi connectivity index (χ4n) is 2.40. The number of aliphatic hydroxyl groups is 1. The Hall–Kier alpha value is -1.75. The molecule has 0 aromatic heterocycles. The maximum atomic E-state index is 12.1. The third-order valence-corrected chi connectivity index (χ3v) is 3.47. The van der Waals surface area contributed by atoms with E-state index in [1.165, 1.54) is 7.11 Å². The lowest BCUT2D eigenvalue weighted by atomic mass is 9.92. The van der Waals surface area contributed by atoms with Gasteiger partial charge in [-0.05, 0) is 25.0 Å². The van der Waals surface area contributed by atoms with Crippen LogP contribution in [0.1, 0.15) is 36.0 Å².